The molecule has 20 heavy (non-hydrogen) atoms. The summed E-state index contributed by atoms with van der Waals surface area (Å²) in [5.74, 6) is 0. The van der Waals surface area contributed by atoms with E-state index >= 15 is 0 Å². The third kappa shape index (κ3) is 2.00. The van der Waals surface area contributed by atoms with Gasteiger partial charge in [0, 0.05) is 17.1 Å². The number of rotatable bonds is 1. The lowest BCUT2D eigenvalue weighted by Gasteiger charge is -2.12. The molecule has 0 spiro atoms. The fourth-order valence-electron chi connectivity index (χ4n) is 2.74. The molecule has 2 aromatic carbocycles. The summed E-state index contributed by atoms with van der Waals surface area (Å²) in [6.07, 6.45) is 1.97. The number of hydrogen-bond donors (Lipinski definition) is 0. The van der Waals surface area contributed by atoms with Crippen molar-refractivity contribution in [3.05, 3.63) is 64.8 Å². The highest BCUT2D eigenvalue weighted by molar-refractivity contribution is 5.96. The largest absolute Gasteiger partial charge is 0.255 e. The average molecular weight is 261 g/mol. The van der Waals surface area contributed by atoms with Crippen molar-refractivity contribution in [1.29, 1.82) is 0 Å². The first kappa shape index (κ1) is 12.9. The predicted octanol–water partition coefficient (Wildman–Crippen LogP) is 5.14. The Morgan fingerprint density at radius 3 is 2.00 bits per heavy atom. The Bertz CT molecular complexity index is 777. The monoisotopic (exact) mass is 261 g/mol. The summed E-state index contributed by atoms with van der Waals surface area (Å²) in [4.78, 5) is 4.69. The summed E-state index contributed by atoms with van der Waals surface area (Å²) in [5, 5.41) is 2.52. The van der Waals surface area contributed by atoms with Crippen molar-refractivity contribution in [1.82, 2.24) is 4.98 Å². The second-order valence-electron chi connectivity index (χ2n) is 5.57. The molecule has 0 fully saturated rings. The van der Waals surface area contributed by atoms with Crippen molar-refractivity contribution in [2.24, 2.45) is 0 Å². The van der Waals surface area contributed by atoms with Crippen LogP contribution in [-0.2, 0) is 0 Å². The number of aryl methyl sites for hydroxylation is 3. The molecule has 0 aliphatic heterocycles. The zero-order valence-corrected chi connectivity index (χ0v) is 12.5. The maximum absolute atomic E-state index is 4.69. The van der Waals surface area contributed by atoms with E-state index in [9.17, 15) is 0 Å². The fraction of sp³-hybridized carbons (Fsp3) is 0.211. The van der Waals surface area contributed by atoms with Crippen molar-refractivity contribution >= 4 is 10.8 Å². The van der Waals surface area contributed by atoms with Crippen LogP contribution in [0.25, 0.3) is 22.0 Å². The molecular weight excluding hydrogens is 242 g/mol. The average Bonchev–Trinajstić information content (AvgIpc) is 2.45. The van der Waals surface area contributed by atoms with E-state index in [-0.39, 0.29) is 0 Å². The molecule has 1 nitrogen and oxygen atoms in total. The highest BCUT2D eigenvalue weighted by Crippen LogP contribution is 2.30. The first-order chi connectivity index (χ1) is 9.58. The number of aromatic nitrogens is 1. The molecule has 0 unspecified atom stereocenters. The summed E-state index contributed by atoms with van der Waals surface area (Å²) in [5.41, 5.74) is 7.53. The highest BCUT2D eigenvalue weighted by atomic mass is 14.7. The molecule has 0 saturated heterocycles. The number of pyridine rings is 1. The molecular formula is C19H19N. The van der Waals surface area contributed by atoms with Gasteiger partial charge in [-0.3, -0.25) is 4.98 Å². The van der Waals surface area contributed by atoms with E-state index in [0.717, 1.165) is 5.69 Å². The standard InChI is InChI=1S/C19H19N/c1-12-9-16(10-13(2)15(12)4)19-18-8-6-5-7-17(18)14(3)11-20-19/h5-11H,1-4H3. The summed E-state index contributed by atoms with van der Waals surface area (Å²) in [6.45, 7) is 8.63. The Morgan fingerprint density at radius 1 is 0.750 bits per heavy atom. The summed E-state index contributed by atoms with van der Waals surface area (Å²) < 4.78 is 0. The maximum Gasteiger partial charge on any atom is 0.0780 e. The van der Waals surface area contributed by atoms with Gasteiger partial charge in [0.1, 0.15) is 0 Å². The minimum absolute atomic E-state index is 1.08. The zero-order chi connectivity index (χ0) is 14.3. The molecule has 0 saturated carbocycles. The van der Waals surface area contributed by atoms with Gasteiger partial charge in [-0.05, 0) is 67.5 Å². The number of nitrogens with zero attached hydrogens (tertiary/aromatic N) is 1. The van der Waals surface area contributed by atoms with E-state index in [4.69, 9.17) is 0 Å². The molecule has 1 aromatic heterocycles. The van der Waals surface area contributed by atoms with E-state index in [0.29, 0.717) is 0 Å². The Balaban J connectivity index is 2.33. The van der Waals surface area contributed by atoms with Gasteiger partial charge in [-0.15, -0.1) is 0 Å². The Kier molecular flexibility index (Phi) is 3.06. The topological polar surface area (TPSA) is 12.9 Å². The van der Waals surface area contributed by atoms with Gasteiger partial charge in [0.05, 0.1) is 5.69 Å². The lowest BCUT2D eigenvalue weighted by atomic mass is 9.96. The van der Waals surface area contributed by atoms with E-state index in [2.05, 4.69) is 69.1 Å². The number of benzene rings is 2. The Hall–Kier alpha value is -2.15. The predicted molar refractivity (Wildman–Crippen MR) is 86.1 cm³/mol. The van der Waals surface area contributed by atoms with Crippen LogP contribution in [0.3, 0.4) is 0 Å². The SMILES string of the molecule is Cc1cc(-c2ncc(C)c3ccccc23)cc(C)c1C. The normalized spacial score (nSPS) is 11.0. The van der Waals surface area contributed by atoms with Crippen LogP contribution in [0, 0.1) is 27.7 Å². The van der Waals surface area contributed by atoms with E-state index in [1.54, 1.807) is 0 Å². The van der Waals surface area contributed by atoms with Crippen LogP contribution >= 0.6 is 0 Å². The van der Waals surface area contributed by atoms with E-state index < -0.39 is 0 Å². The molecule has 1 heterocycles. The number of fused-ring (bicyclic) bond motifs is 1. The lowest BCUT2D eigenvalue weighted by molar-refractivity contribution is 1.25. The summed E-state index contributed by atoms with van der Waals surface area (Å²) in [6, 6.07) is 13.0. The Morgan fingerprint density at radius 2 is 1.35 bits per heavy atom. The lowest BCUT2D eigenvalue weighted by Crippen LogP contribution is -1.93. The third-order valence-electron chi connectivity index (χ3n) is 4.19. The van der Waals surface area contributed by atoms with Crippen molar-refractivity contribution < 1.29 is 0 Å². The zero-order valence-electron chi connectivity index (χ0n) is 12.5. The minimum Gasteiger partial charge on any atom is -0.255 e. The van der Waals surface area contributed by atoms with Crippen LogP contribution in [-0.4, -0.2) is 4.98 Å². The second kappa shape index (κ2) is 4.75. The van der Waals surface area contributed by atoms with Crippen LogP contribution in [0.1, 0.15) is 22.3 Å². The molecule has 0 amide bonds. The molecule has 0 radical (unpaired) electrons. The maximum atomic E-state index is 4.69. The van der Waals surface area contributed by atoms with Crippen molar-refractivity contribution in [2.45, 2.75) is 27.7 Å². The minimum atomic E-state index is 1.08. The van der Waals surface area contributed by atoms with Crippen LogP contribution in [0.2, 0.25) is 0 Å². The Labute approximate surface area is 120 Å². The molecule has 100 valence electrons. The molecule has 0 bridgehead atoms. The molecule has 1 heteroatoms. The van der Waals surface area contributed by atoms with Crippen molar-refractivity contribution in [2.75, 3.05) is 0 Å². The smallest absolute Gasteiger partial charge is 0.0780 e. The van der Waals surface area contributed by atoms with Gasteiger partial charge in [-0.25, -0.2) is 0 Å². The molecule has 0 N–H and O–H groups in total. The highest BCUT2D eigenvalue weighted by Gasteiger charge is 2.09. The second-order valence-corrected chi connectivity index (χ2v) is 5.57. The molecule has 0 atom stereocenters. The van der Waals surface area contributed by atoms with Gasteiger partial charge < -0.3 is 0 Å². The van der Waals surface area contributed by atoms with Gasteiger partial charge in [0.15, 0.2) is 0 Å². The molecule has 0 aliphatic rings. The van der Waals surface area contributed by atoms with Gasteiger partial charge >= 0.3 is 0 Å². The summed E-state index contributed by atoms with van der Waals surface area (Å²) in [7, 11) is 0. The van der Waals surface area contributed by atoms with Gasteiger partial charge in [0.2, 0.25) is 0 Å². The first-order valence-electron chi connectivity index (χ1n) is 7.00. The molecule has 3 rings (SSSR count). The number of hydrogen-bond acceptors (Lipinski definition) is 1. The fourth-order valence-corrected chi connectivity index (χ4v) is 2.74. The molecule has 0 aliphatic carbocycles. The van der Waals surface area contributed by atoms with Crippen LogP contribution < -0.4 is 0 Å². The molecule has 3 aromatic rings. The first-order valence-corrected chi connectivity index (χ1v) is 7.00. The quantitative estimate of drug-likeness (QED) is 0.591. The van der Waals surface area contributed by atoms with E-state index in [1.807, 2.05) is 6.20 Å². The van der Waals surface area contributed by atoms with Gasteiger partial charge in [-0.1, -0.05) is 24.3 Å². The van der Waals surface area contributed by atoms with Gasteiger partial charge in [0.25, 0.3) is 0 Å². The van der Waals surface area contributed by atoms with Gasteiger partial charge in [-0.2, -0.15) is 0 Å². The van der Waals surface area contributed by atoms with Crippen LogP contribution in [0.4, 0.5) is 0 Å². The third-order valence-corrected chi connectivity index (χ3v) is 4.19. The van der Waals surface area contributed by atoms with Crippen LogP contribution in [0.5, 0.6) is 0 Å². The van der Waals surface area contributed by atoms with Crippen LogP contribution in [0.15, 0.2) is 42.6 Å². The van der Waals surface area contributed by atoms with Crippen molar-refractivity contribution in [3.8, 4) is 11.3 Å². The van der Waals surface area contributed by atoms with Crippen molar-refractivity contribution in [3.63, 3.8) is 0 Å². The summed E-state index contributed by atoms with van der Waals surface area (Å²) >= 11 is 0. The van der Waals surface area contributed by atoms with E-state index in [1.165, 1.54) is 38.6 Å².